The highest BCUT2D eigenvalue weighted by Gasteiger charge is 2.57. The molecule has 2 aromatic carbocycles. The minimum atomic E-state index is 0.0633. The predicted octanol–water partition coefficient (Wildman–Crippen LogP) is 5.21. The molecule has 0 N–H and O–H groups in total. The van der Waals surface area contributed by atoms with Gasteiger partial charge in [-0.15, -0.1) is 0 Å². The summed E-state index contributed by atoms with van der Waals surface area (Å²) in [5, 5.41) is 0. The fourth-order valence-electron chi connectivity index (χ4n) is 6.21. The lowest BCUT2D eigenvalue weighted by atomic mass is 9.51. The normalized spacial score (nSPS) is 30.2. The molecule has 0 aromatic heterocycles. The Labute approximate surface area is 174 Å². The van der Waals surface area contributed by atoms with Gasteiger partial charge in [0.25, 0.3) is 0 Å². The van der Waals surface area contributed by atoms with E-state index in [1.165, 1.54) is 16.7 Å². The number of amides is 2. The molecular weight excluding hydrogens is 356 g/mol. The molecule has 0 radical (unpaired) electrons. The molecule has 3 heteroatoms. The number of benzene rings is 2. The van der Waals surface area contributed by atoms with Crippen LogP contribution < -0.4 is 0 Å². The molecule has 3 nitrogen and oxygen atoms in total. The van der Waals surface area contributed by atoms with E-state index in [-0.39, 0.29) is 22.9 Å². The molecule has 2 amide bonds. The van der Waals surface area contributed by atoms with Crippen molar-refractivity contribution in [3.63, 3.8) is 0 Å². The number of rotatable bonds is 1. The Bertz CT molecular complexity index is 921. The predicted molar refractivity (Wildman–Crippen MR) is 117 cm³/mol. The van der Waals surface area contributed by atoms with Crippen LogP contribution in [0.25, 0.3) is 0 Å². The first-order valence-corrected chi connectivity index (χ1v) is 11.1. The first-order chi connectivity index (χ1) is 13.9. The molecule has 2 heterocycles. The van der Waals surface area contributed by atoms with E-state index in [1.54, 1.807) is 0 Å². The maximum atomic E-state index is 13.6. The van der Waals surface area contributed by atoms with E-state index in [2.05, 4.69) is 85.2 Å². The molecule has 29 heavy (non-hydrogen) atoms. The maximum Gasteiger partial charge on any atom is 0.320 e. The van der Waals surface area contributed by atoms with Gasteiger partial charge in [0.15, 0.2) is 0 Å². The lowest BCUT2D eigenvalue weighted by molar-refractivity contribution is -0.0221. The van der Waals surface area contributed by atoms with Gasteiger partial charge < -0.3 is 9.80 Å². The fourth-order valence-corrected chi connectivity index (χ4v) is 6.21. The van der Waals surface area contributed by atoms with Gasteiger partial charge in [-0.3, -0.25) is 0 Å². The molecule has 1 unspecified atom stereocenters. The first-order valence-electron chi connectivity index (χ1n) is 11.1. The third-order valence-corrected chi connectivity index (χ3v) is 8.48. The summed E-state index contributed by atoms with van der Waals surface area (Å²) in [5.41, 5.74) is 4.48. The molecule has 1 aliphatic carbocycles. The monoisotopic (exact) mass is 388 g/mol. The number of urea groups is 1. The van der Waals surface area contributed by atoms with Crippen molar-refractivity contribution in [2.45, 2.75) is 57.4 Å². The van der Waals surface area contributed by atoms with Gasteiger partial charge in [-0.05, 0) is 41.4 Å². The topological polar surface area (TPSA) is 23.6 Å². The van der Waals surface area contributed by atoms with Gasteiger partial charge in [0.1, 0.15) is 0 Å². The number of likely N-dealkylation sites (tertiary alicyclic amines) is 2. The second-order valence-electron chi connectivity index (χ2n) is 10.00. The molecule has 2 saturated heterocycles. The number of piperidine rings is 1. The summed E-state index contributed by atoms with van der Waals surface area (Å²) >= 11 is 0. The molecular formula is C26H32N2O. The number of nitrogens with zero attached hydrogens (tertiary/aromatic N) is 2. The summed E-state index contributed by atoms with van der Waals surface area (Å²) in [7, 11) is 0. The highest BCUT2D eigenvalue weighted by molar-refractivity contribution is 5.76. The summed E-state index contributed by atoms with van der Waals surface area (Å²) < 4.78 is 0. The number of hydrogen-bond donors (Lipinski definition) is 0. The molecule has 3 aliphatic rings. The minimum Gasteiger partial charge on any atom is -0.324 e. The van der Waals surface area contributed by atoms with Gasteiger partial charge in [-0.1, -0.05) is 75.4 Å². The first kappa shape index (κ1) is 18.7. The van der Waals surface area contributed by atoms with Crippen LogP contribution in [0.5, 0.6) is 0 Å². The van der Waals surface area contributed by atoms with Crippen molar-refractivity contribution in [2.24, 2.45) is 5.41 Å². The Morgan fingerprint density at radius 2 is 1.69 bits per heavy atom. The van der Waals surface area contributed by atoms with Crippen molar-refractivity contribution in [1.82, 2.24) is 9.80 Å². The van der Waals surface area contributed by atoms with Gasteiger partial charge in [-0.2, -0.15) is 0 Å². The fraction of sp³-hybridized carbons (Fsp3) is 0.500. The van der Waals surface area contributed by atoms with Gasteiger partial charge >= 0.3 is 6.03 Å². The SMILES string of the molecule is CC1(C)[C@H]2Cc3ccccc3[C@]1(C)CCN2C(=O)N1CCC(c2ccccc2)C1. The lowest BCUT2D eigenvalue weighted by Gasteiger charge is -2.61. The van der Waals surface area contributed by atoms with Crippen LogP contribution in [-0.4, -0.2) is 41.5 Å². The minimum absolute atomic E-state index is 0.0633. The maximum absolute atomic E-state index is 13.6. The Kier molecular flexibility index (Phi) is 4.27. The van der Waals surface area contributed by atoms with E-state index in [9.17, 15) is 4.79 Å². The zero-order valence-corrected chi connectivity index (χ0v) is 17.9. The molecule has 152 valence electrons. The highest BCUT2D eigenvalue weighted by Crippen LogP contribution is 2.56. The number of carbonyl (C=O) groups is 1. The standard InChI is InChI=1S/C26H32N2O/c1-25(2)23-17-20-11-7-8-12-22(20)26(25,3)14-16-28(23)24(29)27-15-13-21(18-27)19-9-5-4-6-10-19/h4-12,21,23H,13-18H2,1-3H3/t21?,23-,26+/m1/s1. The lowest BCUT2D eigenvalue weighted by Crippen LogP contribution is -2.66. The van der Waals surface area contributed by atoms with Crippen molar-refractivity contribution >= 4 is 6.03 Å². The van der Waals surface area contributed by atoms with Gasteiger partial charge in [0, 0.05) is 37.0 Å². The summed E-state index contributed by atoms with van der Waals surface area (Å²) in [6.45, 7) is 9.76. The van der Waals surface area contributed by atoms with Crippen LogP contribution in [0.15, 0.2) is 54.6 Å². The third kappa shape index (κ3) is 2.73. The van der Waals surface area contributed by atoms with E-state index in [0.717, 1.165) is 38.9 Å². The summed E-state index contributed by atoms with van der Waals surface area (Å²) in [4.78, 5) is 18.0. The highest BCUT2D eigenvalue weighted by atomic mass is 16.2. The largest absolute Gasteiger partial charge is 0.324 e. The Hall–Kier alpha value is -2.29. The van der Waals surface area contributed by atoms with E-state index >= 15 is 0 Å². The van der Waals surface area contributed by atoms with E-state index in [0.29, 0.717) is 5.92 Å². The number of hydrogen-bond acceptors (Lipinski definition) is 1. The quantitative estimate of drug-likeness (QED) is 0.658. The molecule has 2 aromatic rings. The molecule has 2 bridgehead atoms. The second kappa shape index (κ2) is 6.62. The van der Waals surface area contributed by atoms with Crippen LogP contribution in [0, 0.1) is 5.41 Å². The molecule has 0 saturated carbocycles. The average molecular weight is 389 g/mol. The molecule has 5 rings (SSSR count). The van der Waals surface area contributed by atoms with Crippen molar-refractivity contribution in [2.75, 3.05) is 19.6 Å². The zero-order chi connectivity index (χ0) is 20.2. The molecule has 0 spiro atoms. The summed E-state index contributed by atoms with van der Waals surface area (Å²) in [6, 6.07) is 20.1. The number of carbonyl (C=O) groups excluding carboxylic acids is 1. The average Bonchev–Trinajstić information content (AvgIpc) is 3.21. The van der Waals surface area contributed by atoms with Crippen LogP contribution in [0.3, 0.4) is 0 Å². The van der Waals surface area contributed by atoms with Crippen molar-refractivity contribution in [3.05, 3.63) is 71.3 Å². The van der Waals surface area contributed by atoms with Crippen LogP contribution in [0.1, 0.15) is 56.2 Å². The Morgan fingerprint density at radius 3 is 2.48 bits per heavy atom. The van der Waals surface area contributed by atoms with E-state index in [1.807, 2.05) is 0 Å². The van der Waals surface area contributed by atoms with E-state index < -0.39 is 0 Å². The summed E-state index contributed by atoms with van der Waals surface area (Å²) in [5.74, 6) is 0.468. The van der Waals surface area contributed by atoms with Gasteiger partial charge in [0.2, 0.25) is 0 Å². The van der Waals surface area contributed by atoms with Crippen LogP contribution in [0.4, 0.5) is 4.79 Å². The molecule has 2 aliphatic heterocycles. The molecule has 3 atom stereocenters. The van der Waals surface area contributed by atoms with Gasteiger partial charge in [-0.25, -0.2) is 4.79 Å². The second-order valence-corrected chi connectivity index (χ2v) is 10.00. The summed E-state index contributed by atoms with van der Waals surface area (Å²) in [6.07, 6.45) is 3.08. The van der Waals surface area contributed by atoms with Gasteiger partial charge in [0.05, 0.1) is 0 Å². The van der Waals surface area contributed by atoms with E-state index in [4.69, 9.17) is 0 Å². The Morgan fingerprint density at radius 1 is 0.966 bits per heavy atom. The zero-order valence-electron chi connectivity index (χ0n) is 17.9. The van der Waals surface area contributed by atoms with Crippen LogP contribution in [-0.2, 0) is 11.8 Å². The smallest absolute Gasteiger partial charge is 0.320 e. The van der Waals surface area contributed by atoms with Crippen LogP contribution >= 0.6 is 0 Å². The van der Waals surface area contributed by atoms with Crippen molar-refractivity contribution in [1.29, 1.82) is 0 Å². The van der Waals surface area contributed by atoms with Crippen molar-refractivity contribution in [3.8, 4) is 0 Å². The Balaban J connectivity index is 1.40. The van der Waals surface area contributed by atoms with Crippen LogP contribution in [0.2, 0.25) is 0 Å². The number of fused-ring (bicyclic) bond motifs is 4. The van der Waals surface area contributed by atoms with Crippen molar-refractivity contribution < 1.29 is 4.79 Å². The third-order valence-electron chi connectivity index (χ3n) is 8.48. The molecule has 2 fully saturated rings.